The predicted molar refractivity (Wildman–Crippen MR) is 127 cm³/mol. The molecule has 1 N–H and O–H groups in total. The van der Waals surface area contributed by atoms with Crippen LogP contribution in [0.1, 0.15) is 52.4 Å². The zero-order valence-corrected chi connectivity index (χ0v) is 20.5. The van der Waals surface area contributed by atoms with Crippen molar-refractivity contribution < 1.29 is 18.3 Å². The van der Waals surface area contributed by atoms with Crippen LogP contribution in [-0.4, -0.2) is 65.3 Å². The highest BCUT2D eigenvalue weighted by molar-refractivity contribution is 6.42. The largest absolute Gasteiger partial charge is 0.378 e. The van der Waals surface area contributed by atoms with Gasteiger partial charge in [-0.1, -0.05) is 29.3 Å². The van der Waals surface area contributed by atoms with Gasteiger partial charge in [-0.25, -0.2) is 18.7 Å². The van der Waals surface area contributed by atoms with Crippen molar-refractivity contribution in [3.8, 4) is 0 Å². The number of benzene rings is 1. The van der Waals surface area contributed by atoms with Gasteiger partial charge in [0.2, 0.25) is 0 Å². The molecule has 1 aromatic carbocycles. The highest BCUT2D eigenvalue weighted by atomic mass is 35.5. The van der Waals surface area contributed by atoms with Gasteiger partial charge >= 0.3 is 0 Å². The Labute approximate surface area is 208 Å². The van der Waals surface area contributed by atoms with E-state index in [0.29, 0.717) is 66.7 Å². The Morgan fingerprint density at radius 3 is 2.65 bits per heavy atom. The van der Waals surface area contributed by atoms with Crippen LogP contribution in [0.5, 0.6) is 0 Å². The van der Waals surface area contributed by atoms with E-state index < -0.39 is 12.8 Å². The first-order chi connectivity index (χ1) is 16.4. The Morgan fingerprint density at radius 1 is 1.21 bits per heavy atom. The van der Waals surface area contributed by atoms with Crippen LogP contribution >= 0.6 is 23.2 Å². The molecule has 6 nitrogen and oxygen atoms in total. The first kappa shape index (κ1) is 25.2. The summed E-state index contributed by atoms with van der Waals surface area (Å²) in [7, 11) is 0. The van der Waals surface area contributed by atoms with Crippen LogP contribution in [0.4, 0.5) is 8.78 Å². The number of ether oxygens (including phenoxy) is 1. The molecule has 3 heterocycles. The van der Waals surface area contributed by atoms with Crippen molar-refractivity contribution in [1.29, 1.82) is 0 Å². The standard InChI is InChI=1S/C24H28Cl2F2N4O2/c1-14-21(11-15-2-3-17(25)18(26)10-15)30-22(12-27)31-23(14)24(33)32-7-4-16(5-8-32)29-20-6-9-34-13-19(20)28/h2-3,10,16,19-20,29H,4-9,11-13H2,1H3. The highest BCUT2D eigenvalue weighted by Crippen LogP contribution is 2.25. The number of likely N-dealkylation sites (tertiary alicyclic amines) is 1. The molecule has 1 amide bonds. The molecule has 0 aliphatic carbocycles. The number of nitrogens with zero attached hydrogens (tertiary/aromatic N) is 3. The highest BCUT2D eigenvalue weighted by Gasteiger charge is 2.31. The lowest BCUT2D eigenvalue weighted by atomic mass is 9.99. The maximum atomic E-state index is 14.1. The Morgan fingerprint density at radius 2 is 1.97 bits per heavy atom. The number of hydrogen-bond acceptors (Lipinski definition) is 5. The quantitative estimate of drug-likeness (QED) is 0.618. The number of aromatic nitrogens is 2. The lowest BCUT2D eigenvalue weighted by Crippen LogP contribution is -2.52. The van der Waals surface area contributed by atoms with Crippen LogP contribution in [0.25, 0.3) is 0 Å². The molecule has 1 aromatic heterocycles. The Hall–Kier alpha value is -1.87. The van der Waals surface area contributed by atoms with Crippen molar-refractivity contribution >= 4 is 29.1 Å². The van der Waals surface area contributed by atoms with Crippen molar-refractivity contribution in [2.45, 2.75) is 57.5 Å². The van der Waals surface area contributed by atoms with Crippen LogP contribution in [0.2, 0.25) is 10.0 Å². The SMILES string of the molecule is Cc1c(Cc2ccc(Cl)c(Cl)c2)nc(CF)nc1C(=O)N1CCC(NC2CCOCC2F)CC1. The topological polar surface area (TPSA) is 67.4 Å². The van der Waals surface area contributed by atoms with E-state index in [1.54, 1.807) is 24.0 Å². The fourth-order valence-electron chi connectivity index (χ4n) is 4.49. The zero-order chi connectivity index (χ0) is 24.2. The summed E-state index contributed by atoms with van der Waals surface area (Å²) >= 11 is 12.1. The lowest BCUT2D eigenvalue weighted by Gasteiger charge is -2.36. The minimum atomic E-state index is -1.01. The number of nitrogens with one attached hydrogen (secondary N) is 1. The molecular weight excluding hydrogens is 485 g/mol. The summed E-state index contributed by atoms with van der Waals surface area (Å²) in [6.07, 6.45) is 1.44. The summed E-state index contributed by atoms with van der Waals surface area (Å²) in [6, 6.07) is 5.19. The number of hydrogen-bond donors (Lipinski definition) is 1. The summed E-state index contributed by atoms with van der Waals surface area (Å²) in [5.41, 5.74) is 2.27. The fourth-order valence-corrected chi connectivity index (χ4v) is 4.81. The minimum Gasteiger partial charge on any atom is -0.378 e. The van der Waals surface area contributed by atoms with E-state index in [9.17, 15) is 13.6 Å². The molecule has 0 bridgehead atoms. The number of carbonyl (C=O) groups excluding carboxylic acids is 1. The van der Waals surface area contributed by atoms with Gasteiger partial charge in [0.15, 0.2) is 5.82 Å². The predicted octanol–water partition coefficient (Wildman–Crippen LogP) is 4.47. The minimum absolute atomic E-state index is 0.0194. The summed E-state index contributed by atoms with van der Waals surface area (Å²) in [4.78, 5) is 23.6. The maximum Gasteiger partial charge on any atom is 0.272 e. The molecule has 2 fully saturated rings. The van der Waals surface area contributed by atoms with Crippen molar-refractivity contribution in [2.75, 3.05) is 26.3 Å². The molecule has 0 radical (unpaired) electrons. The number of alkyl halides is 2. The van der Waals surface area contributed by atoms with Gasteiger partial charge in [-0.2, -0.15) is 0 Å². The maximum absolute atomic E-state index is 14.1. The van der Waals surface area contributed by atoms with Gasteiger partial charge < -0.3 is 15.0 Å². The first-order valence-electron chi connectivity index (χ1n) is 11.5. The van der Waals surface area contributed by atoms with Gasteiger partial charge in [-0.3, -0.25) is 4.79 Å². The third-order valence-electron chi connectivity index (χ3n) is 6.49. The van der Waals surface area contributed by atoms with Gasteiger partial charge in [-0.05, 0) is 43.9 Å². The van der Waals surface area contributed by atoms with E-state index in [2.05, 4.69) is 15.3 Å². The summed E-state index contributed by atoms with van der Waals surface area (Å²) in [5, 5.41) is 4.26. The Kier molecular flexibility index (Phi) is 8.34. The van der Waals surface area contributed by atoms with Gasteiger partial charge in [-0.15, -0.1) is 0 Å². The number of piperidine rings is 1. The van der Waals surface area contributed by atoms with E-state index >= 15 is 0 Å². The third kappa shape index (κ3) is 5.85. The molecule has 0 spiro atoms. The van der Waals surface area contributed by atoms with Crippen LogP contribution in [0.15, 0.2) is 18.2 Å². The summed E-state index contributed by atoms with van der Waals surface area (Å²) in [5.74, 6) is -0.257. The fraction of sp³-hybridized carbons (Fsp3) is 0.542. The monoisotopic (exact) mass is 512 g/mol. The van der Waals surface area contributed by atoms with Gasteiger partial charge in [0.05, 0.1) is 22.3 Å². The second-order valence-corrected chi connectivity index (χ2v) is 9.65. The number of halogens is 4. The van der Waals surface area contributed by atoms with Crippen molar-refractivity contribution in [3.05, 3.63) is 56.6 Å². The average Bonchev–Trinajstić information content (AvgIpc) is 2.84. The number of carbonyl (C=O) groups is 1. The zero-order valence-electron chi connectivity index (χ0n) is 19.0. The summed E-state index contributed by atoms with van der Waals surface area (Å²) in [6.45, 7) is 2.65. The molecule has 2 aliphatic rings. The lowest BCUT2D eigenvalue weighted by molar-refractivity contribution is 0.00840. The van der Waals surface area contributed by atoms with Gasteiger partial charge in [0.1, 0.15) is 18.5 Å². The van der Waals surface area contributed by atoms with Crippen LogP contribution in [-0.2, 0) is 17.8 Å². The van der Waals surface area contributed by atoms with E-state index in [-0.39, 0.29) is 36.1 Å². The molecule has 184 valence electrons. The molecule has 4 rings (SSSR count). The van der Waals surface area contributed by atoms with Gasteiger partial charge in [0.25, 0.3) is 5.91 Å². The van der Waals surface area contributed by atoms with Crippen molar-refractivity contribution in [1.82, 2.24) is 20.2 Å². The molecule has 10 heteroatoms. The van der Waals surface area contributed by atoms with E-state index in [4.69, 9.17) is 27.9 Å². The smallest absolute Gasteiger partial charge is 0.272 e. The molecule has 2 aliphatic heterocycles. The molecule has 2 saturated heterocycles. The second kappa shape index (κ2) is 11.2. The van der Waals surface area contributed by atoms with Crippen LogP contribution in [0, 0.1) is 6.92 Å². The van der Waals surface area contributed by atoms with E-state index in [1.807, 2.05) is 6.07 Å². The average molecular weight is 513 g/mol. The van der Waals surface area contributed by atoms with Gasteiger partial charge in [0, 0.05) is 43.8 Å². The van der Waals surface area contributed by atoms with Crippen molar-refractivity contribution in [3.63, 3.8) is 0 Å². The molecule has 2 atom stereocenters. The molecule has 2 aromatic rings. The Balaban J connectivity index is 1.45. The molecule has 2 unspecified atom stereocenters. The third-order valence-corrected chi connectivity index (χ3v) is 7.23. The molecule has 0 saturated carbocycles. The number of amides is 1. The van der Waals surface area contributed by atoms with E-state index in [0.717, 1.165) is 5.56 Å². The van der Waals surface area contributed by atoms with Crippen molar-refractivity contribution in [2.24, 2.45) is 0 Å². The van der Waals surface area contributed by atoms with Crippen LogP contribution in [0.3, 0.4) is 0 Å². The normalized spacial score (nSPS) is 21.6. The first-order valence-corrected chi connectivity index (χ1v) is 12.2. The van der Waals surface area contributed by atoms with E-state index in [1.165, 1.54) is 0 Å². The molecular formula is C24H28Cl2F2N4O2. The Bertz CT molecular complexity index is 1030. The molecule has 34 heavy (non-hydrogen) atoms. The van der Waals surface area contributed by atoms with Crippen LogP contribution < -0.4 is 5.32 Å². The summed E-state index contributed by atoms with van der Waals surface area (Å²) < 4.78 is 32.8. The second-order valence-electron chi connectivity index (χ2n) is 8.84. The number of rotatable bonds is 6.